The first kappa shape index (κ1) is 124. The summed E-state index contributed by atoms with van der Waals surface area (Å²) in [7, 11) is 4.48. The predicted molar refractivity (Wildman–Crippen MR) is 430 cm³/mol. The third kappa shape index (κ3) is 108. The van der Waals surface area contributed by atoms with Crippen LogP contribution in [0.2, 0.25) is 0 Å². The molecule has 3 unspecified atom stereocenters. The summed E-state index contributed by atoms with van der Waals surface area (Å²) in [4.78, 5) is 72.9. The molecule has 16 heteroatoms. The third-order valence-electron chi connectivity index (χ3n) is 13.1. The lowest BCUT2D eigenvalue weighted by molar-refractivity contribution is -0.130. The molecule has 0 aliphatic rings. The first-order chi connectivity index (χ1) is 41.7. The lowest BCUT2D eigenvalue weighted by Gasteiger charge is -2.18. The zero-order valence-electron chi connectivity index (χ0n) is 67.6. The molecule has 0 radical (unpaired) electrons. The van der Waals surface area contributed by atoms with Gasteiger partial charge in [0.1, 0.15) is 29.7 Å². The van der Waals surface area contributed by atoms with Crippen molar-refractivity contribution >= 4 is 54.5 Å². The summed E-state index contributed by atoms with van der Waals surface area (Å²) in [6, 6.07) is 0. The standard InChI is InChI=1S/C11H23NO.C10H21NO.C10H20O2.C9H19NO.C9H18O.C8H18O2S.C7H14O.C6H14O2S.C6H14.4CH4/c1-9(2)6-11(13)7-10(3)8-12(4)5;1-8(2)10(12)6-9(3)7-11(4)5;1-8(2)12-7-9(11)6-10(3,4)5;1-5-6-9(11)10(4)7-8(2)3;1-4-5-9(10)7-6-8(2)3;1-5-8(4)11(9,10)6-7(2)3;1-4-5-7(8)6(2)3;1-4-5-9(7,8)6(2)3;1-4-5-6(2)3;;;;/h9-10H,6-8H2,1-5H3;8-9H,6-7H2,1-5H3;8H,6-7H2,1-5H3;8H,5-7H2,1-4H3;8H,4-7H2,1-3H3;7-8H,5-6H2,1-4H3;6H,4-5H2,1-3H3;6H,4-5H2,1-3H3;6H,4-5H2,1-3H3;4*1H4. The minimum atomic E-state index is -2.81. The molecule has 14 nitrogen and oxygen atoms in total. The van der Waals surface area contributed by atoms with Gasteiger partial charge in [-0.1, -0.05) is 216 Å². The van der Waals surface area contributed by atoms with Gasteiger partial charge in [-0.25, -0.2) is 16.8 Å². The van der Waals surface area contributed by atoms with E-state index in [4.69, 9.17) is 4.74 Å². The molecule has 0 aromatic carbocycles. The van der Waals surface area contributed by atoms with E-state index in [0.717, 1.165) is 103 Å². The summed E-state index contributed by atoms with van der Waals surface area (Å²) >= 11 is 0. The fraction of sp³-hybridized carbons (Fsp3) is 0.925. The summed E-state index contributed by atoms with van der Waals surface area (Å²) in [6.07, 6.45) is 14.0. The van der Waals surface area contributed by atoms with Gasteiger partial charge in [0.2, 0.25) is 5.91 Å². The van der Waals surface area contributed by atoms with Crippen LogP contribution in [0.3, 0.4) is 0 Å². The lowest BCUT2D eigenvalue weighted by Crippen LogP contribution is -2.29. The van der Waals surface area contributed by atoms with Gasteiger partial charge in [-0.15, -0.1) is 0 Å². The highest BCUT2D eigenvalue weighted by atomic mass is 32.2. The van der Waals surface area contributed by atoms with Crippen LogP contribution in [0.25, 0.3) is 0 Å². The molecule has 0 saturated heterocycles. The Morgan fingerprint density at radius 2 is 0.833 bits per heavy atom. The number of sulfone groups is 2. The predicted octanol–water partition coefficient (Wildman–Crippen LogP) is 21.2. The SMILES string of the molecule is C.C.C.C.CC(C)CC(=O)CC(C)CN(C)C.CC(C)OCC(=O)CC(C)(C)C.CC(CC(=O)C(C)C)CN(C)C.CCC(C)S(=O)(=O)CC(C)C.CCCC(=O)C(C)C.CCCC(=O)CCC(C)C.CCCC(=O)N(C)CC(C)C.CCCC(C)C.CCCS(=O)(=O)C(C)C. The Morgan fingerprint density at radius 1 is 0.417 bits per heavy atom. The van der Waals surface area contributed by atoms with Gasteiger partial charge in [0.25, 0.3) is 0 Å². The highest BCUT2D eigenvalue weighted by Gasteiger charge is 2.20. The Hall–Kier alpha value is -2.40. The van der Waals surface area contributed by atoms with E-state index < -0.39 is 19.7 Å². The number of rotatable bonds is 36. The lowest BCUT2D eigenvalue weighted by atomic mass is 9.90. The Labute approximate surface area is 604 Å². The molecule has 1 amide bonds. The number of nitrogens with zero attached hydrogens (tertiary/aromatic N) is 3. The van der Waals surface area contributed by atoms with Gasteiger partial charge < -0.3 is 19.4 Å². The molecule has 0 fully saturated rings. The number of ketones is 5. The quantitative estimate of drug-likeness (QED) is 0.0576. The highest BCUT2D eigenvalue weighted by Crippen LogP contribution is 2.19. The fourth-order valence-electron chi connectivity index (χ4n) is 8.21. The fourth-order valence-corrected chi connectivity index (χ4v) is 11.0. The van der Waals surface area contributed by atoms with Crippen LogP contribution in [0.4, 0.5) is 0 Å². The van der Waals surface area contributed by atoms with Gasteiger partial charge in [0.15, 0.2) is 25.5 Å². The van der Waals surface area contributed by atoms with Crippen molar-refractivity contribution < 1.29 is 50.3 Å². The number of amides is 1. The molecule has 0 saturated carbocycles. The number of hydrogen-bond donors (Lipinski definition) is 0. The zero-order valence-corrected chi connectivity index (χ0v) is 69.3. The first-order valence-corrected chi connectivity index (χ1v) is 39.4. The van der Waals surface area contributed by atoms with Crippen molar-refractivity contribution in [3.8, 4) is 0 Å². The second kappa shape index (κ2) is 75.3. The van der Waals surface area contributed by atoms with Crippen molar-refractivity contribution in [1.29, 1.82) is 0 Å². The Balaban J connectivity index is -0.0000000735. The van der Waals surface area contributed by atoms with Gasteiger partial charge in [-0.3, -0.25) is 28.8 Å². The van der Waals surface area contributed by atoms with Crippen LogP contribution in [-0.4, -0.2) is 156 Å². The molecule has 0 rings (SSSR count). The molecule has 0 aromatic heterocycles. The average molecular weight is 1420 g/mol. The monoisotopic (exact) mass is 1420 g/mol. The van der Waals surface area contributed by atoms with Crippen molar-refractivity contribution in [3.05, 3.63) is 0 Å². The summed E-state index contributed by atoms with van der Waals surface area (Å²) < 4.78 is 49.8. The molecule has 0 aliphatic heterocycles. The van der Waals surface area contributed by atoms with E-state index in [1.54, 1.807) is 20.8 Å². The first-order valence-electron chi connectivity index (χ1n) is 35.9. The van der Waals surface area contributed by atoms with Crippen LogP contribution < -0.4 is 0 Å². The Morgan fingerprint density at radius 3 is 1.09 bits per heavy atom. The van der Waals surface area contributed by atoms with Gasteiger partial charge in [0.05, 0.1) is 28.1 Å². The molecule has 0 aromatic rings. The van der Waals surface area contributed by atoms with E-state index in [1.165, 1.54) is 12.8 Å². The van der Waals surface area contributed by atoms with Gasteiger partial charge >= 0.3 is 0 Å². The van der Waals surface area contributed by atoms with Crippen molar-refractivity contribution in [2.24, 2.45) is 58.7 Å². The number of carbonyl (C=O) groups excluding carboxylic acids is 6. The largest absolute Gasteiger partial charge is 0.371 e. The van der Waals surface area contributed by atoms with E-state index in [2.05, 4.69) is 107 Å². The molecular formula is C80H177N3O11S2. The van der Waals surface area contributed by atoms with Crippen LogP contribution in [0, 0.1) is 58.7 Å². The number of carbonyl (C=O) groups is 6. The maximum atomic E-state index is 11.4. The second-order valence-electron chi connectivity index (χ2n) is 30.6. The second-order valence-corrected chi connectivity index (χ2v) is 35.7. The van der Waals surface area contributed by atoms with Gasteiger partial charge in [0, 0.05) is 89.9 Å². The van der Waals surface area contributed by atoms with Gasteiger partial charge in [-0.05, 0) is 148 Å². The van der Waals surface area contributed by atoms with E-state index >= 15 is 0 Å². The number of ether oxygens (including phenoxy) is 1. The average Bonchev–Trinajstić information content (AvgIpc) is 1.23. The topological polar surface area (TPSA) is 190 Å². The van der Waals surface area contributed by atoms with Crippen LogP contribution >= 0.6 is 0 Å². The summed E-state index contributed by atoms with van der Waals surface area (Å²) in [5.41, 5.74) is 0.0808. The minimum Gasteiger partial charge on any atom is -0.371 e. The maximum Gasteiger partial charge on any atom is 0.222 e. The normalized spacial score (nSPS) is 11.8. The summed E-state index contributed by atoms with van der Waals surface area (Å²) in [5, 5.41) is -0.387. The molecule has 0 heterocycles. The molecule has 0 aliphatic carbocycles. The van der Waals surface area contributed by atoms with Crippen LogP contribution in [0.1, 0.15) is 340 Å². The van der Waals surface area contributed by atoms with E-state index in [-0.39, 0.29) is 87.8 Å². The van der Waals surface area contributed by atoms with Crippen molar-refractivity contribution in [2.45, 2.75) is 357 Å². The highest BCUT2D eigenvalue weighted by molar-refractivity contribution is 7.92. The maximum absolute atomic E-state index is 11.4. The molecule has 0 N–H and O–H groups in total. The molecule has 590 valence electrons. The van der Waals surface area contributed by atoms with Crippen LogP contribution in [-0.2, 0) is 53.2 Å². The van der Waals surface area contributed by atoms with Crippen LogP contribution in [0.5, 0.6) is 0 Å². The van der Waals surface area contributed by atoms with E-state index in [0.29, 0.717) is 77.1 Å². The van der Waals surface area contributed by atoms with Crippen molar-refractivity contribution in [2.75, 3.05) is 73.0 Å². The van der Waals surface area contributed by atoms with Crippen molar-refractivity contribution in [1.82, 2.24) is 14.7 Å². The Bertz CT molecular complexity index is 1970. The third-order valence-corrected chi connectivity index (χ3v) is 18.2. The molecule has 96 heavy (non-hydrogen) atoms. The molecule has 0 bridgehead atoms. The summed E-state index contributed by atoms with van der Waals surface area (Å²) in [6.45, 7) is 63.7. The number of hydrogen-bond acceptors (Lipinski definition) is 13. The molecule has 0 spiro atoms. The van der Waals surface area contributed by atoms with Gasteiger partial charge in [-0.2, -0.15) is 0 Å². The van der Waals surface area contributed by atoms with E-state index in [1.807, 2.05) is 130 Å². The molecule has 3 atom stereocenters. The molecular weight excluding hydrogens is 1240 g/mol. The van der Waals surface area contributed by atoms with Crippen LogP contribution in [0.15, 0.2) is 0 Å². The zero-order chi connectivity index (χ0) is 74.9. The van der Waals surface area contributed by atoms with Crippen molar-refractivity contribution in [3.63, 3.8) is 0 Å². The minimum absolute atomic E-state index is 0. The number of Topliss-reactive ketones (excluding diaryl/α,β-unsaturated/α-hetero) is 5. The summed E-state index contributed by atoms with van der Waals surface area (Å²) in [5.74, 6) is 6.97. The Kier molecular flexibility index (Phi) is 96.9. The van der Waals surface area contributed by atoms with E-state index in [9.17, 15) is 45.6 Å². The smallest absolute Gasteiger partial charge is 0.222 e.